The minimum atomic E-state index is -0.583. The highest BCUT2D eigenvalue weighted by atomic mass is 16.7. The second kappa shape index (κ2) is 5.56. The lowest BCUT2D eigenvalue weighted by Gasteiger charge is -2.16. The Balaban J connectivity index is 3.56. The topological polar surface area (TPSA) is 76.7 Å². The molecule has 0 unspecified atom stereocenters. The van der Waals surface area contributed by atoms with E-state index in [2.05, 4.69) is 20.6 Å². The molecular weight excluding hydrogens is 188 g/mol. The van der Waals surface area contributed by atoms with E-state index in [0.717, 1.165) is 0 Å². The van der Waals surface area contributed by atoms with E-state index in [1.807, 2.05) is 0 Å². The minimum Gasteiger partial charge on any atom is -0.468 e. The first-order chi connectivity index (χ1) is 6.38. The fourth-order valence-corrected chi connectivity index (χ4v) is 0.416. The molecule has 0 bridgehead atoms. The molecule has 0 atom stereocenters. The molecule has 6 nitrogen and oxygen atoms in total. The van der Waals surface area contributed by atoms with Crippen molar-refractivity contribution in [3.05, 3.63) is 0 Å². The van der Waals surface area contributed by atoms with E-state index < -0.39 is 17.4 Å². The van der Waals surface area contributed by atoms with Crippen molar-refractivity contribution >= 4 is 11.9 Å². The Morgan fingerprint density at radius 1 is 1.29 bits per heavy atom. The standard InChI is InChI=1S/C8H16N2O4/c1-8(2,3)7(12)14-10-9-5-6(11)13-4/h9-10H,5H2,1-4H3. The highest BCUT2D eigenvalue weighted by molar-refractivity contribution is 5.75. The molecule has 0 saturated heterocycles. The number of hydrogen-bond acceptors (Lipinski definition) is 6. The fraction of sp³-hybridized carbons (Fsp3) is 0.750. The van der Waals surface area contributed by atoms with Gasteiger partial charge in [-0.2, -0.15) is 0 Å². The van der Waals surface area contributed by atoms with E-state index in [-0.39, 0.29) is 6.54 Å². The monoisotopic (exact) mass is 204 g/mol. The van der Waals surface area contributed by atoms with Crippen molar-refractivity contribution in [1.29, 1.82) is 0 Å². The van der Waals surface area contributed by atoms with E-state index in [1.54, 1.807) is 20.8 Å². The van der Waals surface area contributed by atoms with Crippen LogP contribution >= 0.6 is 0 Å². The van der Waals surface area contributed by atoms with Crippen LogP contribution in [0.2, 0.25) is 0 Å². The van der Waals surface area contributed by atoms with Gasteiger partial charge in [0.2, 0.25) is 0 Å². The highest BCUT2D eigenvalue weighted by Gasteiger charge is 2.23. The molecule has 0 amide bonds. The molecule has 0 fully saturated rings. The van der Waals surface area contributed by atoms with Gasteiger partial charge in [0.05, 0.1) is 12.5 Å². The molecule has 0 aromatic carbocycles. The summed E-state index contributed by atoms with van der Waals surface area (Å²) in [5, 5.41) is 0. The summed E-state index contributed by atoms with van der Waals surface area (Å²) in [6, 6.07) is 0. The van der Waals surface area contributed by atoms with Crippen molar-refractivity contribution in [2.24, 2.45) is 5.41 Å². The van der Waals surface area contributed by atoms with Crippen molar-refractivity contribution < 1.29 is 19.2 Å². The Labute approximate surface area is 82.9 Å². The van der Waals surface area contributed by atoms with Crippen molar-refractivity contribution in [2.75, 3.05) is 13.7 Å². The number of methoxy groups -OCH3 is 1. The molecule has 0 spiro atoms. The zero-order valence-electron chi connectivity index (χ0n) is 8.84. The Morgan fingerprint density at radius 3 is 2.29 bits per heavy atom. The molecule has 0 heterocycles. The summed E-state index contributed by atoms with van der Waals surface area (Å²) >= 11 is 0. The number of hydrogen-bond donors (Lipinski definition) is 2. The molecule has 0 saturated carbocycles. The second-order valence-corrected chi connectivity index (χ2v) is 3.67. The molecule has 0 aliphatic rings. The summed E-state index contributed by atoms with van der Waals surface area (Å²) < 4.78 is 4.34. The molecule has 0 aliphatic heterocycles. The van der Waals surface area contributed by atoms with Crippen LogP contribution in [0.1, 0.15) is 20.8 Å². The lowest BCUT2D eigenvalue weighted by atomic mass is 9.98. The first-order valence-corrected chi connectivity index (χ1v) is 4.14. The summed E-state index contributed by atoms with van der Waals surface area (Å²) in [5.74, 6) is -0.876. The average molecular weight is 204 g/mol. The lowest BCUT2D eigenvalue weighted by Crippen LogP contribution is -2.40. The third-order valence-corrected chi connectivity index (χ3v) is 1.29. The van der Waals surface area contributed by atoms with E-state index in [9.17, 15) is 9.59 Å². The molecular formula is C8H16N2O4. The quantitative estimate of drug-likeness (QED) is 0.374. The van der Waals surface area contributed by atoms with Crippen molar-refractivity contribution in [3.63, 3.8) is 0 Å². The van der Waals surface area contributed by atoms with Crippen LogP contribution in [-0.2, 0) is 19.2 Å². The van der Waals surface area contributed by atoms with Crippen LogP contribution in [0, 0.1) is 5.41 Å². The molecule has 2 N–H and O–H groups in total. The number of esters is 1. The molecule has 14 heavy (non-hydrogen) atoms. The third-order valence-electron chi connectivity index (χ3n) is 1.29. The van der Waals surface area contributed by atoms with Crippen LogP contribution in [0.5, 0.6) is 0 Å². The maximum absolute atomic E-state index is 11.1. The van der Waals surface area contributed by atoms with Gasteiger partial charge in [-0.1, -0.05) is 5.59 Å². The zero-order valence-corrected chi connectivity index (χ0v) is 8.84. The maximum Gasteiger partial charge on any atom is 0.331 e. The Kier molecular flexibility index (Phi) is 5.11. The Bertz CT molecular complexity index is 210. The van der Waals surface area contributed by atoms with Gasteiger partial charge in [0.1, 0.15) is 6.54 Å². The van der Waals surface area contributed by atoms with Crippen molar-refractivity contribution in [2.45, 2.75) is 20.8 Å². The summed E-state index contributed by atoms with van der Waals surface area (Å²) in [4.78, 5) is 26.3. The van der Waals surface area contributed by atoms with Crippen LogP contribution in [0.15, 0.2) is 0 Å². The Morgan fingerprint density at radius 2 is 1.86 bits per heavy atom. The zero-order chi connectivity index (χ0) is 11.2. The predicted octanol–water partition coefficient (Wildman–Crippen LogP) is -0.242. The van der Waals surface area contributed by atoms with Crippen molar-refractivity contribution in [3.8, 4) is 0 Å². The van der Waals surface area contributed by atoms with E-state index in [4.69, 9.17) is 0 Å². The number of carbonyl (C=O) groups excluding carboxylic acids is 2. The summed E-state index contributed by atoms with van der Waals surface area (Å²) in [7, 11) is 1.27. The van der Waals surface area contributed by atoms with Crippen LogP contribution in [-0.4, -0.2) is 25.6 Å². The van der Waals surface area contributed by atoms with Gasteiger partial charge in [-0.05, 0) is 20.8 Å². The summed E-state index contributed by atoms with van der Waals surface area (Å²) in [6.45, 7) is 5.08. The fourth-order valence-electron chi connectivity index (χ4n) is 0.416. The lowest BCUT2D eigenvalue weighted by molar-refractivity contribution is -0.164. The first-order valence-electron chi connectivity index (χ1n) is 4.14. The predicted molar refractivity (Wildman–Crippen MR) is 48.7 cm³/mol. The van der Waals surface area contributed by atoms with Crippen molar-refractivity contribution in [1.82, 2.24) is 11.0 Å². The van der Waals surface area contributed by atoms with E-state index in [0.29, 0.717) is 0 Å². The van der Waals surface area contributed by atoms with Gasteiger partial charge in [0, 0.05) is 0 Å². The number of nitrogens with one attached hydrogen (secondary N) is 2. The smallest absolute Gasteiger partial charge is 0.331 e. The van der Waals surface area contributed by atoms with Gasteiger partial charge in [-0.25, -0.2) is 10.2 Å². The SMILES string of the molecule is COC(=O)CNNOC(=O)C(C)(C)C. The molecule has 0 rings (SSSR count). The number of ether oxygens (including phenoxy) is 1. The van der Waals surface area contributed by atoms with E-state index >= 15 is 0 Å². The van der Waals surface area contributed by atoms with Crippen LogP contribution in [0.4, 0.5) is 0 Å². The number of hydrazine groups is 1. The Hall–Kier alpha value is -1.14. The van der Waals surface area contributed by atoms with Crippen LogP contribution < -0.4 is 11.0 Å². The average Bonchev–Trinajstić information content (AvgIpc) is 2.09. The molecule has 0 aliphatic carbocycles. The maximum atomic E-state index is 11.1. The highest BCUT2D eigenvalue weighted by Crippen LogP contribution is 2.13. The van der Waals surface area contributed by atoms with Gasteiger partial charge in [-0.15, -0.1) is 0 Å². The molecule has 0 aromatic rings. The molecule has 82 valence electrons. The largest absolute Gasteiger partial charge is 0.468 e. The minimum absolute atomic E-state index is 0.0755. The molecule has 6 heteroatoms. The van der Waals surface area contributed by atoms with Crippen LogP contribution in [0.3, 0.4) is 0 Å². The number of rotatable bonds is 4. The normalized spacial score (nSPS) is 10.9. The van der Waals surface area contributed by atoms with Crippen LogP contribution in [0.25, 0.3) is 0 Å². The van der Waals surface area contributed by atoms with Gasteiger partial charge in [-0.3, -0.25) is 4.79 Å². The van der Waals surface area contributed by atoms with Gasteiger partial charge in [0.15, 0.2) is 0 Å². The third kappa shape index (κ3) is 5.50. The van der Waals surface area contributed by atoms with Gasteiger partial charge in [0.25, 0.3) is 0 Å². The summed E-state index contributed by atoms with van der Waals surface area (Å²) in [5.41, 5.74) is 3.94. The molecule has 0 aromatic heterocycles. The second-order valence-electron chi connectivity index (χ2n) is 3.67. The van der Waals surface area contributed by atoms with Gasteiger partial charge >= 0.3 is 11.9 Å². The first kappa shape index (κ1) is 12.9. The summed E-state index contributed by atoms with van der Waals surface area (Å²) in [6.07, 6.45) is 0. The van der Waals surface area contributed by atoms with E-state index in [1.165, 1.54) is 7.11 Å². The van der Waals surface area contributed by atoms with Gasteiger partial charge < -0.3 is 9.57 Å². The number of carbonyl (C=O) groups is 2. The molecule has 0 radical (unpaired) electrons.